The molecule has 0 saturated heterocycles. The molecule has 3 N–H and O–H groups in total. The first-order valence-electron chi connectivity index (χ1n) is 12.6. The van der Waals surface area contributed by atoms with Crippen LogP contribution in [0, 0.1) is 11.6 Å². The van der Waals surface area contributed by atoms with Crippen LogP contribution in [0.2, 0.25) is 0 Å². The second-order valence-corrected chi connectivity index (χ2v) is 9.52. The van der Waals surface area contributed by atoms with Crippen LogP contribution in [0.25, 0.3) is 22.2 Å². The highest BCUT2D eigenvalue weighted by molar-refractivity contribution is 5.98. The largest absolute Gasteiger partial charge is 0.383 e. The Balaban J connectivity index is 1.36. The lowest BCUT2D eigenvalue weighted by atomic mass is 10.1. The molecule has 5 aromatic rings. The fourth-order valence-corrected chi connectivity index (χ4v) is 4.98. The molecule has 1 aliphatic rings. The van der Waals surface area contributed by atoms with Crippen LogP contribution in [-0.4, -0.2) is 40.7 Å². The van der Waals surface area contributed by atoms with Gasteiger partial charge in [0, 0.05) is 35.3 Å². The summed E-state index contributed by atoms with van der Waals surface area (Å²) in [5, 5.41) is 0. The molecule has 5 aromatic heterocycles. The van der Waals surface area contributed by atoms with Crippen LogP contribution >= 0.6 is 0 Å². The Morgan fingerprint density at radius 1 is 1.18 bits per heavy atom. The molecule has 2 atom stereocenters. The monoisotopic (exact) mass is 542 g/mol. The normalized spacial score (nSPS) is 15.2. The van der Waals surface area contributed by atoms with E-state index in [9.17, 15) is 13.6 Å². The minimum absolute atomic E-state index is 0.0724. The molecule has 0 aliphatic carbocycles. The molecule has 0 aromatic carbocycles. The zero-order valence-electron chi connectivity index (χ0n) is 21.6. The lowest BCUT2D eigenvalue weighted by Crippen LogP contribution is -2.34. The van der Waals surface area contributed by atoms with Crippen LogP contribution in [0.15, 0.2) is 55.2 Å². The van der Waals surface area contributed by atoms with Crippen molar-refractivity contribution >= 4 is 22.8 Å². The van der Waals surface area contributed by atoms with Gasteiger partial charge in [-0.05, 0) is 32.0 Å². The van der Waals surface area contributed by atoms with Crippen molar-refractivity contribution in [2.45, 2.75) is 39.1 Å². The third-order valence-electron chi connectivity index (χ3n) is 7.04. The predicted molar refractivity (Wildman–Crippen MR) is 141 cm³/mol. The van der Waals surface area contributed by atoms with Crippen molar-refractivity contribution in [3.63, 3.8) is 0 Å². The maximum absolute atomic E-state index is 14.2. The lowest BCUT2D eigenvalue weighted by Gasteiger charge is -2.27. The number of aromatic amines is 1. The van der Waals surface area contributed by atoms with Crippen LogP contribution in [0.5, 0.6) is 0 Å². The molecule has 0 spiro atoms. The number of hydrogen-bond acceptors (Lipinski definition) is 8. The first-order chi connectivity index (χ1) is 19.3. The Morgan fingerprint density at radius 3 is 2.62 bits per heavy atom. The number of halogens is 2. The molecule has 0 fully saturated rings. The third-order valence-corrected chi connectivity index (χ3v) is 7.04. The molecule has 1 amide bonds. The number of rotatable bonds is 6. The number of nitrogen functional groups attached to an aromatic ring is 1. The van der Waals surface area contributed by atoms with Gasteiger partial charge in [0.15, 0.2) is 11.6 Å². The van der Waals surface area contributed by atoms with Crippen molar-refractivity contribution < 1.29 is 18.3 Å². The third kappa shape index (κ3) is 4.41. The number of carbonyl (C=O) groups is 1. The topological polar surface area (TPSA) is 136 Å². The van der Waals surface area contributed by atoms with E-state index in [0.717, 1.165) is 23.5 Å². The number of aromatic nitrogens is 6. The maximum atomic E-state index is 14.2. The van der Waals surface area contributed by atoms with E-state index in [1.165, 1.54) is 6.20 Å². The van der Waals surface area contributed by atoms with E-state index in [0.29, 0.717) is 40.7 Å². The van der Waals surface area contributed by atoms with E-state index in [1.807, 2.05) is 13.8 Å². The summed E-state index contributed by atoms with van der Waals surface area (Å²) in [4.78, 5) is 39.8. The molecule has 40 heavy (non-hydrogen) atoms. The number of ether oxygens (including phenoxy) is 1. The van der Waals surface area contributed by atoms with Crippen LogP contribution in [0.4, 0.5) is 14.6 Å². The van der Waals surface area contributed by atoms with Gasteiger partial charge in [0.25, 0.3) is 5.91 Å². The van der Waals surface area contributed by atoms with Crippen LogP contribution < -0.4 is 5.73 Å². The van der Waals surface area contributed by atoms with Crippen LogP contribution in [-0.2, 0) is 17.9 Å². The van der Waals surface area contributed by atoms with E-state index >= 15 is 0 Å². The van der Waals surface area contributed by atoms with Crippen molar-refractivity contribution in [2.24, 2.45) is 0 Å². The Bertz CT molecular complexity index is 1710. The summed E-state index contributed by atoms with van der Waals surface area (Å²) in [6.45, 7) is 4.16. The summed E-state index contributed by atoms with van der Waals surface area (Å²) < 4.78 is 34.2. The fourth-order valence-electron chi connectivity index (χ4n) is 4.98. The van der Waals surface area contributed by atoms with Crippen molar-refractivity contribution in [3.05, 3.63) is 95.2 Å². The summed E-state index contributed by atoms with van der Waals surface area (Å²) in [5.74, 6) is -1.11. The molecular weight excluding hydrogens is 518 g/mol. The van der Waals surface area contributed by atoms with Gasteiger partial charge in [0.2, 0.25) is 0 Å². The van der Waals surface area contributed by atoms with Gasteiger partial charge >= 0.3 is 0 Å². The zero-order chi connectivity index (χ0) is 28.0. The predicted octanol–water partition coefficient (Wildman–Crippen LogP) is 4.67. The number of amides is 1. The highest BCUT2D eigenvalue weighted by Crippen LogP contribution is 2.38. The molecule has 0 bridgehead atoms. The summed E-state index contributed by atoms with van der Waals surface area (Å²) in [5.41, 5.74) is 9.99. The molecular formula is C28H24F2N8O2. The van der Waals surface area contributed by atoms with Gasteiger partial charge in [-0.1, -0.05) is 6.07 Å². The average Bonchev–Trinajstić information content (AvgIpc) is 3.56. The van der Waals surface area contributed by atoms with Crippen molar-refractivity contribution in [1.29, 1.82) is 0 Å². The van der Waals surface area contributed by atoms with Gasteiger partial charge in [-0.15, -0.1) is 0 Å². The summed E-state index contributed by atoms with van der Waals surface area (Å²) in [6.07, 6.45) is 6.27. The number of nitrogens with zero attached hydrogens (tertiary/aromatic N) is 6. The number of hydrogen-bond donors (Lipinski definition) is 2. The molecule has 1 aliphatic heterocycles. The average molecular weight is 543 g/mol. The number of fused-ring (bicyclic) bond motifs is 3. The lowest BCUT2D eigenvalue weighted by molar-refractivity contribution is 0.0658. The second-order valence-electron chi connectivity index (χ2n) is 9.52. The van der Waals surface area contributed by atoms with E-state index in [2.05, 4.69) is 29.9 Å². The van der Waals surface area contributed by atoms with Crippen molar-refractivity contribution in [1.82, 2.24) is 34.8 Å². The van der Waals surface area contributed by atoms with Gasteiger partial charge < -0.3 is 20.4 Å². The maximum Gasteiger partial charge on any atom is 0.271 e. The standard InChI is InChI=1S/C28H24F2N8O2/c1-14(27-33-6-3-7-34-27)38(12-17-5-4-16(9-35-17)24-19(29)10-32-11-20(24)30)28(39)22-8-21-25(36-22)18-13-40-15(2)23(18)26(31)37-21/h3-11,14-15,36H,12-13H2,1-2H3,(H2,31,37)/t14-,15-/m1/s1. The number of nitrogens with two attached hydrogens (primary N) is 1. The number of nitrogens with one attached hydrogen (secondary N) is 1. The molecule has 6 rings (SSSR count). The van der Waals surface area contributed by atoms with Gasteiger partial charge in [-0.3, -0.25) is 14.8 Å². The van der Waals surface area contributed by atoms with Crippen LogP contribution in [0.3, 0.4) is 0 Å². The minimum atomic E-state index is -0.791. The van der Waals surface area contributed by atoms with E-state index in [1.54, 1.807) is 41.6 Å². The fraction of sp³-hybridized carbons (Fsp3) is 0.214. The molecule has 10 nitrogen and oxygen atoms in total. The van der Waals surface area contributed by atoms with E-state index < -0.39 is 17.7 Å². The Morgan fingerprint density at radius 2 is 1.93 bits per heavy atom. The van der Waals surface area contributed by atoms with Crippen molar-refractivity contribution in [3.8, 4) is 11.1 Å². The Hall–Kier alpha value is -4.84. The molecule has 0 radical (unpaired) electrons. The van der Waals surface area contributed by atoms with E-state index in [4.69, 9.17) is 10.5 Å². The van der Waals surface area contributed by atoms with Crippen LogP contribution in [0.1, 0.15) is 59.1 Å². The quantitative estimate of drug-likeness (QED) is 0.316. The summed E-state index contributed by atoms with van der Waals surface area (Å²) in [7, 11) is 0. The first-order valence-corrected chi connectivity index (χ1v) is 12.6. The molecule has 202 valence electrons. The number of H-pyrrole nitrogens is 1. The first kappa shape index (κ1) is 25.4. The Kier molecular flexibility index (Phi) is 6.39. The van der Waals surface area contributed by atoms with Gasteiger partial charge in [0.05, 0.1) is 60.0 Å². The molecule has 0 saturated carbocycles. The highest BCUT2D eigenvalue weighted by Gasteiger charge is 2.30. The van der Waals surface area contributed by atoms with Gasteiger partial charge in [0.1, 0.15) is 17.3 Å². The van der Waals surface area contributed by atoms with Gasteiger partial charge in [-0.25, -0.2) is 23.7 Å². The smallest absolute Gasteiger partial charge is 0.271 e. The molecule has 6 heterocycles. The highest BCUT2D eigenvalue weighted by atomic mass is 19.1. The van der Waals surface area contributed by atoms with E-state index in [-0.39, 0.29) is 29.7 Å². The SMILES string of the molecule is C[C@H](c1ncccn1)N(Cc1ccc(-c2c(F)cncc2F)cn1)C(=O)c1cc2nc(N)c3c(c2[nH]1)CO[C@@H]3C. The van der Waals surface area contributed by atoms with Gasteiger partial charge in [-0.2, -0.15) is 0 Å². The van der Waals surface area contributed by atoms with Crippen molar-refractivity contribution in [2.75, 3.05) is 5.73 Å². The summed E-state index contributed by atoms with van der Waals surface area (Å²) in [6, 6.07) is 5.98. The molecule has 0 unspecified atom stereocenters. The zero-order valence-corrected chi connectivity index (χ0v) is 21.6. The minimum Gasteiger partial charge on any atom is -0.383 e. The number of carbonyl (C=O) groups excluding carboxylic acids is 1. The Labute approximate surface area is 227 Å². The number of anilines is 1. The summed E-state index contributed by atoms with van der Waals surface area (Å²) >= 11 is 0. The number of pyridine rings is 3. The molecule has 12 heteroatoms. The second kappa shape index (κ2) is 10.0.